The van der Waals surface area contributed by atoms with Crippen LogP contribution < -0.4 is 9.47 Å². The fourth-order valence-electron chi connectivity index (χ4n) is 3.79. The number of ether oxygens (including phenoxy) is 2. The Labute approximate surface area is 194 Å². The highest BCUT2D eigenvalue weighted by Gasteiger charge is 2.22. The molecule has 0 atom stereocenters. The first-order chi connectivity index (χ1) is 16.0. The van der Waals surface area contributed by atoms with Crippen LogP contribution in [0.2, 0.25) is 0 Å². The molecule has 3 aromatic rings. The van der Waals surface area contributed by atoms with E-state index < -0.39 is 0 Å². The second-order valence-electron chi connectivity index (χ2n) is 8.26. The van der Waals surface area contributed by atoms with E-state index in [4.69, 9.17) is 14.0 Å². The number of rotatable bonds is 8. The van der Waals surface area contributed by atoms with Crippen LogP contribution in [-0.4, -0.2) is 65.7 Å². The van der Waals surface area contributed by atoms with Crippen molar-refractivity contribution in [1.29, 1.82) is 0 Å². The van der Waals surface area contributed by atoms with Crippen LogP contribution in [0, 0.1) is 13.8 Å². The summed E-state index contributed by atoms with van der Waals surface area (Å²) < 4.78 is 16.5. The van der Waals surface area contributed by atoms with E-state index in [1.165, 1.54) is 0 Å². The maximum absolute atomic E-state index is 12.6. The highest BCUT2D eigenvalue weighted by molar-refractivity contribution is 5.76. The molecule has 0 spiro atoms. The minimum Gasteiger partial charge on any atom is -0.497 e. The van der Waals surface area contributed by atoms with Crippen LogP contribution in [0.5, 0.6) is 11.5 Å². The first kappa shape index (κ1) is 22.8. The number of piperazine rings is 1. The van der Waals surface area contributed by atoms with Crippen LogP contribution >= 0.6 is 0 Å². The predicted octanol–water partition coefficient (Wildman–Crippen LogP) is 3.48. The summed E-state index contributed by atoms with van der Waals surface area (Å²) in [5, 5.41) is 4.09. The van der Waals surface area contributed by atoms with E-state index >= 15 is 0 Å². The van der Waals surface area contributed by atoms with Crippen molar-refractivity contribution < 1.29 is 18.8 Å². The zero-order valence-electron chi connectivity index (χ0n) is 19.4. The summed E-state index contributed by atoms with van der Waals surface area (Å²) in [6.45, 7) is 7.90. The van der Waals surface area contributed by atoms with Crippen molar-refractivity contribution in [2.24, 2.45) is 0 Å². The lowest BCUT2D eigenvalue weighted by molar-refractivity contribution is -0.133. The number of carbonyl (C=O) groups excluding carboxylic acids is 1. The molecule has 1 saturated heterocycles. The third kappa shape index (κ3) is 5.90. The van der Waals surface area contributed by atoms with Crippen LogP contribution in [0.1, 0.15) is 23.4 Å². The highest BCUT2D eigenvalue weighted by Crippen LogP contribution is 2.21. The molecule has 0 aliphatic carbocycles. The SMILES string of the molecule is COc1ccc(-c2noc(CN3CCN(C(=O)CCOc4cc(C)ccc4C)CC3)n2)cc1. The Morgan fingerprint density at radius 1 is 1.06 bits per heavy atom. The molecule has 1 aromatic heterocycles. The molecule has 2 aromatic carbocycles. The highest BCUT2D eigenvalue weighted by atomic mass is 16.5. The fraction of sp³-hybridized carbons (Fsp3) is 0.400. The topological polar surface area (TPSA) is 80.9 Å². The maximum Gasteiger partial charge on any atom is 0.241 e. The van der Waals surface area contributed by atoms with Gasteiger partial charge >= 0.3 is 0 Å². The van der Waals surface area contributed by atoms with Crippen LogP contribution in [0.4, 0.5) is 0 Å². The third-order valence-electron chi connectivity index (χ3n) is 5.82. The van der Waals surface area contributed by atoms with Crippen LogP contribution in [-0.2, 0) is 11.3 Å². The minimum atomic E-state index is 0.125. The zero-order chi connectivity index (χ0) is 23.2. The van der Waals surface area contributed by atoms with Crippen molar-refractivity contribution in [3.8, 4) is 22.9 Å². The first-order valence-electron chi connectivity index (χ1n) is 11.2. The summed E-state index contributed by atoms with van der Waals surface area (Å²) >= 11 is 0. The number of hydrogen-bond acceptors (Lipinski definition) is 7. The molecule has 4 rings (SSSR count). The van der Waals surface area contributed by atoms with E-state index in [9.17, 15) is 4.79 Å². The molecule has 1 aliphatic rings. The largest absolute Gasteiger partial charge is 0.497 e. The normalized spacial score (nSPS) is 14.3. The molecule has 0 unspecified atom stereocenters. The van der Waals surface area contributed by atoms with Gasteiger partial charge in [-0.05, 0) is 55.3 Å². The number of aromatic nitrogens is 2. The Bertz CT molecular complexity index is 1070. The molecule has 0 N–H and O–H groups in total. The Morgan fingerprint density at radius 3 is 2.55 bits per heavy atom. The summed E-state index contributed by atoms with van der Waals surface area (Å²) in [6.07, 6.45) is 0.377. The van der Waals surface area contributed by atoms with Gasteiger partial charge in [-0.3, -0.25) is 9.69 Å². The molecule has 1 fully saturated rings. The van der Waals surface area contributed by atoms with E-state index in [-0.39, 0.29) is 5.91 Å². The first-order valence-corrected chi connectivity index (χ1v) is 11.2. The lowest BCUT2D eigenvalue weighted by atomic mass is 10.1. The average Bonchev–Trinajstić information content (AvgIpc) is 3.30. The standard InChI is InChI=1S/C25H30N4O4/c1-18-4-5-19(2)22(16-18)32-15-10-24(30)29-13-11-28(12-14-29)17-23-26-25(27-33-23)20-6-8-21(31-3)9-7-20/h4-9,16H,10-15,17H2,1-3H3. The molecule has 1 aliphatic heterocycles. The molecule has 2 heterocycles. The Balaban J connectivity index is 1.21. The van der Waals surface area contributed by atoms with Crippen molar-refractivity contribution in [1.82, 2.24) is 19.9 Å². The van der Waals surface area contributed by atoms with Crippen molar-refractivity contribution in [2.45, 2.75) is 26.8 Å². The van der Waals surface area contributed by atoms with Gasteiger partial charge in [0.1, 0.15) is 11.5 Å². The number of nitrogens with zero attached hydrogens (tertiary/aromatic N) is 4. The Morgan fingerprint density at radius 2 is 1.82 bits per heavy atom. The number of hydrogen-bond donors (Lipinski definition) is 0. The molecule has 0 radical (unpaired) electrons. The molecular formula is C25H30N4O4. The Hall–Kier alpha value is -3.39. The molecule has 0 bridgehead atoms. The molecular weight excluding hydrogens is 420 g/mol. The lowest BCUT2D eigenvalue weighted by Crippen LogP contribution is -2.48. The van der Waals surface area contributed by atoms with E-state index in [1.54, 1.807) is 7.11 Å². The summed E-state index contributed by atoms with van der Waals surface area (Å²) in [6, 6.07) is 13.7. The molecule has 174 valence electrons. The third-order valence-corrected chi connectivity index (χ3v) is 5.82. The summed E-state index contributed by atoms with van der Waals surface area (Å²) in [4.78, 5) is 21.2. The average molecular weight is 451 g/mol. The second kappa shape index (κ2) is 10.5. The van der Waals surface area contributed by atoms with E-state index in [2.05, 4.69) is 21.1 Å². The van der Waals surface area contributed by atoms with Crippen molar-refractivity contribution in [2.75, 3.05) is 39.9 Å². The van der Waals surface area contributed by atoms with E-state index in [1.807, 2.05) is 55.1 Å². The lowest BCUT2D eigenvalue weighted by Gasteiger charge is -2.34. The molecule has 8 heteroatoms. The number of aryl methyl sites for hydroxylation is 2. The monoisotopic (exact) mass is 450 g/mol. The number of methoxy groups -OCH3 is 1. The minimum absolute atomic E-state index is 0.125. The van der Waals surface area contributed by atoms with Crippen molar-refractivity contribution >= 4 is 5.91 Å². The predicted molar refractivity (Wildman–Crippen MR) is 124 cm³/mol. The van der Waals surface area contributed by atoms with E-state index in [0.29, 0.717) is 44.4 Å². The molecule has 33 heavy (non-hydrogen) atoms. The molecule has 1 amide bonds. The zero-order valence-corrected chi connectivity index (χ0v) is 19.4. The van der Waals surface area contributed by atoms with E-state index in [0.717, 1.165) is 41.3 Å². The maximum atomic E-state index is 12.6. The van der Waals surface area contributed by atoms with Gasteiger partial charge < -0.3 is 18.9 Å². The number of carbonyl (C=O) groups is 1. The van der Waals surface area contributed by atoms with Crippen molar-refractivity contribution in [3.05, 3.63) is 59.5 Å². The summed E-state index contributed by atoms with van der Waals surface area (Å²) in [5.74, 6) is 2.89. The van der Waals surface area contributed by atoms with Crippen molar-refractivity contribution in [3.63, 3.8) is 0 Å². The number of benzene rings is 2. The van der Waals surface area contributed by atoms with Gasteiger partial charge in [0.25, 0.3) is 0 Å². The fourth-order valence-corrected chi connectivity index (χ4v) is 3.79. The van der Waals surface area contributed by atoms with Gasteiger partial charge in [0, 0.05) is 31.7 Å². The quantitative estimate of drug-likeness (QED) is 0.520. The van der Waals surface area contributed by atoms with Crippen LogP contribution in [0.3, 0.4) is 0 Å². The number of amides is 1. The smallest absolute Gasteiger partial charge is 0.241 e. The van der Waals surface area contributed by atoms with Gasteiger partial charge in [-0.1, -0.05) is 17.3 Å². The van der Waals surface area contributed by atoms with Gasteiger partial charge in [-0.25, -0.2) is 0 Å². The van der Waals surface area contributed by atoms with Gasteiger partial charge in [-0.2, -0.15) is 4.98 Å². The van der Waals surface area contributed by atoms with Crippen LogP contribution in [0.25, 0.3) is 11.4 Å². The molecule has 0 saturated carbocycles. The second-order valence-corrected chi connectivity index (χ2v) is 8.26. The van der Waals surface area contributed by atoms with Crippen LogP contribution in [0.15, 0.2) is 47.0 Å². The summed E-state index contributed by atoms with van der Waals surface area (Å²) in [7, 11) is 1.63. The van der Waals surface area contributed by atoms with Gasteiger partial charge in [0.2, 0.25) is 17.6 Å². The van der Waals surface area contributed by atoms with Gasteiger partial charge in [0.05, 0.1) is 26.7 Å². The van der Waals surface area contributed by atoms with Gasteiger partial charge in [0.15, 0.2) is 0 Å². The molecule has 8 nitrogen and oxygen atoms in total. The van der Waals surface area contributed by atoms with Gasteiger partial charge in [-0.15, -0.1) is 0 Å². The Kier molecular flexibility index (Phi) is 7.24. The summed E-state index contributed by atoms with van der Waals surface area (Å²) in [5.41, 5.74) is 3.11.